The maximum atomic E-state index is 12.3. The van der Waals surface area contributed by atoms with Gasteiger partial charge in [0.1, 0.15) is 5.69 Å². The van der Waals surface area contributed by atoms with Gasteiger partial charge >= 0.3 is 0 Å². The van der Waals surface area contributed by atoms with E-state index >= 15 is 0 Å². The van der Waals surface area contributed by atoms with Crippen molar-refractivity contribution in [1.82, 2.24) is 19.1 Å². The third-order valence-corrected chi connectivity index (χ3v) is 5.10. The maximum absolute atomic E-state index is 12.3. The molecule has 26 heavy (non-hydrogen) atoms. The van der Waals surface area contributed by atoms with Crippen molar-refractivity contribution >= 4 is 5.52 Å². The second-order valence-electron chi connectivity index (χ2n) is 6.95. The summed E-state index contributed by atoms with van der Waals surface area (Å²) in [5.74, 6) is 0. The van der Waals surface area contributed by atoms with Gasteiger partial charge in [0, 0.05) is 29.9 Å². The smallest absolute Gasteiger partial charge is 0.266 e. The van der Waals surface area contributed by atoms with Gasteiger partial charge < -0.3 is 14.4 Å². The van der Waals surface area contributed by atoms with E-state index in [0.29, 0.717) is 12.2 Å². The molecule has 0 aliphatic carbocycles. The van der Waals surface area contributed by atoms with E-state index < -0.39 is 6.10 Å². The van der Waals surface area contributed by atoms with E-state index in [9.17, 15) is 9.90 Å². The molecule has 0 spiro atoms. The highest BCUT2D eigenvalue weighted by Gasteiger charge is 2.18. The Morgan fingerprint density at radius 3 is 2.73 bits per heavy atom. The van der Waals surface area contributed by atoms with Crippen LogP contribution in [-0.4, -0.2) is 43.8 Å². The zero-order chi connectivity index (χ0) is 18.1. The SMILES string of the molecule is CC(O)c1cc2ccccn2c1-c1ccc(=O)n(CCN2CCCC2)n1. The zero-order valence-corrected chi connectivity index (χ0v) is 15.0. The molecule has 6 nitrogen and oxygen atoms in total. The molecule has 4 heterocycles. The van der Waals surface area contributed by atoms with E-state index in [1.54, 1.807) is 23.7 Å². The van der Waals surface area contributed by atoms with Gasteiger partial charge in [-0.2, -0.15) is 5.10 Å². The highest BCUT2D eigenvalue weighted by atomic mass is 16.3. The van der Waals surface area contributed by atoms with Crippen molar-refractivity contribution in [2.24, 2.45) is 0 Å². The highest BCUT2D eigenvalue weighted by molar-refractivity contribution is 5.69. The van der Waals surface area contributed by atoms with E-state index in [1.807, 2.05) is 34.9 Å². The minimum atomic E-state index is -0.614. The molecule has 6 heteroatoms. The average Bonchev–Trinajstić information content (AvgIpc) is 3.28. The van der Waals surface area contributed by atoms with Gasteiger partial charge in [0.05, 0.1) is 18.3 Å². The molecular weight excluding hydrogens is 328 g/mol. The molecule has 0 bridgehead atoms. The van der Waals surface area contributed by atoms with Crippen molar-refractivity contribution in [3.63, 3.8) is 0 Å². The molecule has 1 N–H and O–H groups in total. The van der Waals surface area contributed by atoms with E-state index in [2.05, 4.69) is 10.00 Å². The average molecular weight is 352 g/mol. The molecule has 1 saturated heterocycles. The van der Waals surface area contributed by atoms with Crippen molar-refractivity contribution in [3.8, 4) is 11.4 Å². The fourth-order valence-electron chi connectivity index (χ4n) is 3.71. The quantitative estimate of drug-likeness (QED) is 0.765. The lowest BCUT2D eigenvalue weighted by Gasteiger charge is -2.15. The van der Waals surface area contributed by atoms with E-state index in [4.69, 9.17) is 0 Å². The lowest BCUT2D eigenvalue weighted by atomic mass is 10.1. The van der Waals surface area contributed by atoms with Gasteiger partial charge in [-0.25, -0.2) is 4.68 Å². The monoisotopic (exact) mass is 352 g/mol. The summed E-state index contributed by atoms with van der Waals surface area (Å²) < 4.78 is 3.56. The first-order chi connectivity index (χ1) is 12.6. The number of fused-ring (bicyclic) bond motifs is 1. The molecule has 0 radical (unpaired) electrons. The molecule has 1 unspecified atom stereocenters. The fourth-order valence-corrected chi connectivity index (χ4v) is 3.71. The Labute approximate surface area is 152 Å². The van der Waals surface area contributed by atoms with Gasteiger partial charge in [-0.15, -0.1) is 0 Å². The van der Waals surface area contributed by atoms with Crippen LogP contribution in [0.2, 0.25) is 0 Å². The predicted molar refractivity (Wildman–Crippen MR) is 101 cm³/mol. The van der Waals surface area contributed by atoms with Gasteiger partial charge in [-0.1, -0.05) is 6.07 Å². The highest BCUT2D eigenvalue weighted by Crippen LogP contribution is 2.30. The number of aliphatic hydroxyl groups is 1. The van der Waals surface area contributed by atoms with Crippen LogP contribution in [0.3, 0.4) is 0 Å². The van der Waals surface area contributed by atoms with Gasteiger partial charge in [0.15, 0.2) is 0 Å². The largest absolute Gasteiger partial charge is 0.389 e. The molecule has 0 amide bonds. The third kappa shape index (κ3) is 3.18. The number of pyridine rings is 1. The first kappa shape index (κ1) is 17.0. The van der Waals surface area contributed by atoms with Crippen LogP contribution < -0.4 is 5.56 Å². The first-order valence-electron chi connectivity index (χ1n) is 9.22. The molecule has 3 aromatic heterocycles. The number of nitrogens with zero attached hydrogens (tertiary/aromatic N) is 4. The van der Waals surface area contributed by atoms with Gasteiger partial charge in [0.2, 0.25) is 0 Å². The molecule has 1 atom stereocenters. The van der Waals surface area contributed by atoms with Gasteiger partial charge in [0.25, 0.3) is 5.56 Å². The molecule has 4 rings (SSSR count). The number of aliphatic hydroxyl groups excluding tert-OH is 1. The van der Waals surface area contributed by atoms with Crippen LogP contribution >= 0.6 is 0 Å². The van der Waals surface area contributed by atoms with Crippen LogP contribution in [0.4, 0.5) is 0 Å². The second kappa shape index (κ2) is 7.05. The number of rotatable bonds is 5. The Bertz CT molecular complexity index is 967. The molecule has 1 aliphatic heterocycles. The maximum Gasteiger partial charge on any atom is 0.266 e. The van der Waals surface area contributed by atoms with E-state index in [1.165, 1.54) is 12.8 Å². The van der Waals surface area contributed by atoms with Crippen LogP contribution in [0.5, 0.6) is 0 Å². The summed E-state index contributed by atoms with van der Waals surface area (Å²) in [6.45, 7) is 5.38. The lowest BCUT2D eigenvalue weighted by Crippen LogP contribution is -2.30. The Morgan fingerprint density at radius 1 is 1.15 bits per heavy atom. The number of likely N-dealkylation sites (tertiary alicyclic amines) is 1. The molecule has 0 aromatic carbocycles. The molecule has 1 aliphatic rings. The normalized spacial score (nSPS) is 16.4. The summed E-state index contributed by atoms with van der Waals surface area (Å²) in [5, 5.41) is 14.8. The number of hydrogen-bond donors (Lipinski definition) is 1. The standard InChI is InChI=1S/C20H24N4O2/c1-15(25)17-14-16-6-2-3-11-23(16)20(17)18-7-8-19(26)24(21-18)13-12-22-9-4-5-10-22/h2-3,6-8,11,14-15,25H,4-5,9-10,12-13H2,1H3. The zero-order valence-electron chi connectivity index (χ0n) is 15.0. The van der Waals surface area contributed by atoms with Crippen LogP contribution in [-0.2, 0) is 6.54 Å². The van der Waals surface area contributed by atoms with Crippen molar-refractivity contribution in [2.45, 2.75) is 32.4 Å². The third-order valence-electron chi connectivity index (χ3n) is 5.10. The minimum Gasteiger partial charge on any atom is -0.389 e. The Kier molecular flexibility index (Phi) is 4.61. The second-order valence-corrected chi connectivity index (χ2v) is 6.95. The van der Waals surface area contributed by atoms with Crippen LogP contribution in [0.15, 0.2) is 47.4 Å². The van der Waals surface area contributed by atoms with Crippen molar-refractivity contribution in [3.05, 3.63) is 58.5 Å². The van der Waals surface area contributed by atoms with Crippen molar-refractivity contribution in [2.75, 3.05) is 19.6 Å². The summed E-state index contributed by atoms with van der Waals surface area (Å²) >= 11 is 0. The van der Waals surface area contributed by atoms with Crippen LogP contribution in [0, 0.1) is 0 Å². The summed E-state index contributed by atoms with van der Waals surface area (Å²) in [5.41, 5.74) is 3.26. The topological polar surface area (TPSA) is 62.8 Å². The first-order valence-corrected chi connectivity index (χ1v) is 9.22. The Morgan fingerprint density at radius 2 is 1.96 bits per heavy atom. The van der Waals surface area contributed by atoms with E-state index in [-0.39, 0.29) is 5.56 Å². The fraction of sp³-hybridized carbons (Fsp3) is 0.400. The predicted octanol–water partition coefficient (Wildman–Crippen LogP) is 2.31. The summed E-state index contributed by atoms with van der Waals surface area (Å²) in [6.07, 6.45) is 3.81. The van der Waals surface area contributed by atoms with Gasteiger partial charge in [-0.3, -0.25) is 4.79 Å². The molecule has 0 saturated carbocycles. The van der Waals surface area contributed by atoms with Crippen molar-refractivity contribution in [1.29, 1.82) is 0 Å². The van der Waals surface area contributed by atoms with Gasteiger partial charge in [-0.05, 0) is 57.1 Å². The van der Waals surface area contributed by atoms with Crippen molar-refractivity contribution < 1.29 is 5.11 Å². The van der Waals surface area contributed by atoms with Crippen LogP contribution in [0.1, 0.15) is 31.4 Å². The number of hydrogen-bond acceptors (Lipinski definition) is 4. The lowest BCUT2D eigenvalue weighted by molar-refractivity contribution is 0.200. The molecular formula is C20H24N4O2. The molecule has 1 fully saturated rings. The summed E-state index contributed by atoms with van der Waals surface area (Å²) in [6, 6.07) is 11.2. The number of aromatic nitrogens is 3. The van der Waals surface area contributed by atoms with E-state index in [0.717, 1.165) is 36.4 Å². The summed E-state index contributed by atoms with van der Waals surface area (Å²) in [4.78, 5) is 14.6. The molecule has 136 valence electrons. The Hall–Kier alpha value is -2.44. The molecule has 3 aromatic rings. The van der Waals surface area contributed by atoms with Crippen LogP contribution in [0.25, 0.3) is 16.9 Å². The minimum absolute atomic E-state index is 0.0904. The summed E-state index contributed by atoms with van der Waals surface area (Å²) in [7, 11) is 0. The Balaban J connectivity index is 1.74.